The molecule has 3 fully saturated rings. The van der Waals surface area contributed by atoms with E-state index in [4.69, 9.17) is 19.2 Å². The van der Waals surface area contributed by atoms with Crippen molar-refractivity contribution < 1.29 is 33.7 Å². The summed E-state index contributed by atoms with van der Waals surface area (Å²) in [5, 5.41) is 12.3. The van der Waals surface area contributed by atoms with Crippen molar-refractivity contribution in [2.24, 2.45) is 7.05 Å². The molecule has 14 nitrogen and oxygen atoms in total. The zero-order chi connectivity index (χ0) is 36.9. The molecule has 3 aliphatic heterocycles. The van der Waals surface area contributed by atoms with Crippen LogP contribution in [0.2, 0.25) is 0 Å². The summed E-state index contributed by atoms with van der Waals surface area (Å²) in [5.41, 5.74) is 2.51. The Morgan fingerprint density at radius 2 is 1.75 bits per heavy atom. The summed E-state index contributed by atoms with van der Waals surface area (Å²) in [5.74, 6) is 0.428. The van der Waals surface area contributed by atoms with Crippen molar-refractivity contribution in [3.8, 4) is 11.6 Å². The number of hydrogen-bond donors (Lipinski definition) is 2. The number of carbonyl (C=O) groups is 3. The predicted molar refractivity (Wildman–Crippen MR) is 196 cm³/mol. The van der Waals surface area contributed by atoms with Crippen LogP contribution in [0.15, 0.2) is 77.7 Å². The van der Waals surface area contributed by atoms with Crippen LogP contribution in [0.4, 0.5) is 5.82 Å². The van der Waals surface area contributed by atoms with Crippen molar-refractivity contribution in [2.45, 2.75) is 50.2 Å². The highest BCUT2D eigenvalue weighted by Gasteiger charge is 2.42. The number of pyridine rings is 1. The van der Waals surface area contributed by atoms with Gasteiger partial charge < -0.3 is 29.1 Å². The number of amides is 2. The zero-order valence-electron chi connectivity index (χ0n) is 29.7. The molecule has 2 N–H and O–H groups in total. The molecule has 2 bridgehead atoms. The molecule has 2 amide bonds. The number of nitrogens with one attached hydrogen (secondary N) is 1. The number of aromatic nitrogens is 3. The summed E-state index contributed by atoms with van der Waals surface area (Å²) < 4.78 is 20.4. The van der Waals surface area contributed by atoms with Crippen LogP contribution >= 0.6 is 0 Å². The van der Waals surface area contributed by atoms with Crippen LogP contribution in [0.3, 0.4) is 0 Å². The van der Waals surface area contributed by atoms with Crippen LogP contribution in [0.5, 0.6) is 11.6 Å². The molecule has 1 unspecified atom stereocenters. The molecule has 0 saturated carbocycles. The minimum atomic E-state index is -0.697. The summed E-state index contributed by atoms with van der Waals surface area (Å²) in [7, 11) is 1.69. The molecule has 3 atom stereocenters. The number of piperidine rings is 1. The van der Waals surface area contributed by atoms with Gasteiger partial charge in [0.05, 0.1) is 36.4 Å². The van der Waals surface area contributed by atoms with Gasteiger partial charge >= 0.3 is 5.69 Å². The van der Waals surface area contributed by atoms with Crippen molar-refractivity contribution in [1.29, 1.82) is 0 Å². The molecule has 278 valence electrons. The number of aryl methyl sites for hydroxylation is 2. The normalized spacial score (nSPS) is 19.8. The molecular weight excluding hydrogens is 680 g/mol. The highest BCUT2D eigenvalue weighted by molar-refractivity contribution is 6.06. The van der Waals surface area contributed by atoms with Crippen molar-refractivity contribution in [2.75, 3.05) is 51.0 Å². The molecular formula is C39H44N6O8. The number of allylic oxidation sites excluding steroid dienone is 1. The van der Waals surface area contributed by atoms with Gasteiger partial charge in [-0.05, 0) is 61.6 Å². The molecule has 0 radical (unpaired) electrons. The Morgan fingerprint density at radius 3 is 2.55 bits per heavy atom. The number of para-hydroxylation sites is 1. The van der Waals surface area contributed by atoms with E-state index in [2.05, 4.69) is 15.1 Å². The van der Waals surface area contributed by atoms with E-state index in [9.17, 15) is 24.3 Å². The van der Waals surface area contributed by atoms with E-state index in [-0.39, 0.29) is 41.6 Å². The Bertz CT molecular complexity index is 2070. The molecule has 14 heteroatoms. The second-order valence-corrected chi connectivity index (χ2v) is 13.6. The van der Waals surface area contributed by atoms with E-state index in [0.717, 1.165) is 49.2 Å². The Labute approximate surface area is 306 Å². The topological polar surface area (TPSA) is 157 Å². The maximum absolute atomic E-state index is 13.0. The summed E-state index contributed by atoms with van der Waals surface area (Å²) in [4.78, 5) is 58.8. The first kappa shape index (κ1) is 35.9. The minimum Gasteiger partial charge on any atom is -0.507 e. The third-order valence-electron chi connectivity index (χ3n) is 10.2. The maximum atomic E-state index is 13.0. The summed E-state index contributed by atoms with van der Waals surface area (Å²) >= 11 is 0. The van der Waals surface area contributed by atoms with Gasteiger partial charge in [-0.2, -0.15) is 4.98 Å². The second kappa shape index (κ2) is 16.0. The van der Waals surface area contributed by atoms with Gasteiger partial charge in [0, 0.05) is 63.6 Å². The van der Waals surface area contributed by atoms with Gasteiger partial charge in [0.2, 0.25) is 17.7 Å². The monoisotopic (exact) mass is 724 g/mol. The number of aromatic hydroxyl groups is 1. The quantitative estimate of drug-likeness (QED) is 0.0758. The standard InChI is InChI=1S/C39H44N6O8/c1-42-32-22-26(11-12-30(32)45(39(42)50)31-13-14-36(48)41-38(31)49)6-5-17-51-18-19-52-20-21-53-37-10-4-9-35(40-37)44-25-27-23-28(44)24-43(27)16-15-34(47)29-7-2-3-8-33(29)46/h2-4,7-12,15-16,22,27-28,31,46H,5-6,13-14,17-21,23-25H2,1H3,(H,41,48,49)/b16-15+/t27-,28-,31?/m1/s1. The number of fused-ring (bicyclic) bond motifs is 3. The zero-order valence-corrected chi connectivity index (χ0v) is 29.7. The lowest BCUT2D eigenvalue weighted by atomic mass is 10.1. The van der Waals surface area contributed by atoms with E-state index >= 15 is 0 Å². The van der Waals surface area contributed by atoms with E-state index in [0.29, 0.717) is 56.4 Å². The number of ketones is 1. The van der Waals surface area contributed by atoms with Gasteiger partial charge in [-0.1, -0.05) is 24.3 Å². The van der Waals surface area contributed by atoms with Crippen molar-refractivity contribution >= 4 is 34.4 Å². The Kier molecular flexibility index (Phi) is 10.9. The number of rotatable bonds is 16. The number of imide groups is 1. The highest BCUT2D eigenvalue weighted by atomic mass is 16.5. The van der Waals surface area contributed by atoms with E-state index in [1.54, 1.807) is 29.8 Å². The van der Waals surface area contributed by atoms with Crippen LogP contribution in [0.1, 0.15) is 47.6 Å². The Hall–Kier alpha value is -5.47. The molecule has 2 aromatic carbocycles. The van der Waals surface area contributed by atoms with Gasteiger partial charge in [-0.15, -0.1) is 0 Å². The van der Waals surface area contributed by atoms with Crippen LogP contribution in [-0.2, 0) is 32.5 Å². The number of phenols is 1. The van der Waals surface area contributed by atoms with E-state index < -0.39 is 11.9 Å². The summed E-state index contributed by atoms with van der Waals surface area (Å²) in [6, 6.07) is 18.0. The smallest absolute Gasteiger partial charge is 0.329 e. The lowest BCUT2D eigenvalue weighted by Crippen LogP contribution is -2.44. The van der Waals surface area contributed by atoms with Gasteiger partial charge in [0.1, 0.15) is 24.2 Å². The van der Waals surface area contributed by atoms with Crippen LogP contribution < -0.4 is 20.6 Å². The lowest BCUT2D eigenvalue weighted by Gasteiger charge is -2.34. The molecule has 0 aliphatic carbocycles. The summed E-state index contributed by atoms with van der Waals surface area (Å²) in [6.45, 7) is 3.83. The number of piperazine rings is 1. The number of phenolic OH excluding ortho intramolecular Hbond substituents is 1. The first-order valence-electron chi connectivity index (χ1n) is 18.1. The fourth-order valence-corrected chi connectivity index (χ4v) is 7.44. The number of nitrogens with zero attached hydrogens (tertiary/aromatic N) is 5. The van der Waals surface area contributed by atoms with Crippen LogP contribution in [-0.4, -0.2) is 99.9 Å². The Balaban J connectivity index is 0.780. The van der Waals surface area contributed by atoms with Crippen molar-refractivity contribution in [3.05, 3.63) is 94.6 Å². The number of anilines is 1. The third-order valence-corrected chi connectivity index (χ3v) is 10.2. The number of imidazole rings is 1. The molecule has 2 aromatic heterocycles. The van der Waals surface area contributed by atoms with Crippen molar-refractivity contribution in [3.63, 3.8) is 0 Å². The van der Waals surface area contributed by atoms with Crippen LogP contribution in [0.25, 0.3) is 11.0 Å². The second-order valence-electron chi connectivity index (χ2n) is 13.6. The van der Waals surface area contributed by atoms with E-state index in [1.165, 1.54) is 16.7 Å². The molecule has 0 spiro atoms. The SMILES string of the molecule is Cn1c(=O)n(C2CCC(=O)NC2=O)c2ccc(CCCOCCOCCOc3cccc(N4C[C@H]5C[C@@H]4CN5/C=C/C(=O)c4ccccc4O)n3)cc21. The van der Waals surface area contributed by atoms with Gasteiger partial charge in [0.15, 0.2) is 5.78 Å². The minimum absolute atomic E-state index is 0.0136. The van der Waals surface area contributed by atoms with Gasteiger partial charge in [-0.25, -0.2) is 4.79 Å². The average molecular weight is 725 g/mol. The molecule has 4 aromatic rings. The molecule has 3 aliphatic rings. The molecule has 53 heavy (non-hydrogen) atoms. The number of benzene rings is 2. The van der Waals surface area contributed by atoms with Gasteiger partial charge in [-0.3, -0.25) is 28.8 Å². The molecule has 3 saturated heterocycles. The summed E-state index contributed by atoms with van der Waals surface area (Å²) in [6.07, 6.45) is 6.44. The number of hydrogen-bond acceptors (Lipinski definition) is 11. The highest BCUT2D eigenvalue weighted by Crippen LogP contribution is 2.34. The van der Waals surface area contributed by atoms with Gasteiger partial charge in [0.25, 0.3) is 0 Å². The Morgan fingerprint density at radius 1 is 0.943 bits per heavy atom. The number of likely N-dealkylation sites (tertiary alicyclic amines) is 1. The average Bonchev–Trinajstić information content (AvgIpc) is 3.83. The predicted octanol–water partition coefficient (Wildman–Crippen LogP) is 3.12. The maximum Gasteiger partial charge on any atom is 0.329 e. The van der Waals surface area contributed by atoms with Crippen LogP contribution in [0, 0.1) is 0 Å². The fraction of sp³-hybridized carbons (Fsp3) is 0.410. The fourth-order valence-electron chi connectivity index (χ4n) is 7.44. The van der Waals surface area contributed by atoms with E-state index in [1.807, 2.05) is 42.6 Å². The third kappa shape index (κ3) is 7.98. The molecule has 7 rings (SSSR count). The lowest BCUT2D eigenvalue weighted by molar-refractivity contribution is -0.135. The number of ether oxygens (including phenoxy) is 3. The van der Waals surface area contributed by atoms with Crippen molar-refractivity contribution in [1.82, 2.24) is 24.3 Å². The largest absolute Gasteiger partial charge is 0.507 e. The first-order valence-corrected chi connectivity index (χ1v) is 18.1. The number of carbonyl (C=O) groups excluding carboxylic acids is 3. The molecule has 5 heterocycles. The first-order chi connectivity index (χ1) is 25.8.